The molecule has 0 aromatic rings. The molecular weight excluding hydrogens is 244 g/mol. The molecule has 5 heteroatoms. The van der Waals surface area contributed by atoms with Crippen LogP contribution < -0.4 is 5.32 Å². The lowest BCUT2D eigenvalue weighted by molar-refractivity contribution is -0.133. The Kier molecular flexibility index (Phi) is 6.75. The van der Waals surface area contributed by atoms with Crippen LogP contribution in [-0.2, 0) is 9.53 Å². The molecule has 0 aromatic heterocycles. The predicted octanol–water partition coefficient (Wildman–Crippen LogP) is 0.764. The van der Waals surface area contributed by atoms with Gasteiger partial charge in [0.15, 0.2) is 0 Å². The third-order valence-electron chi connectivity index (χ3n) is 3.21. The van der Waals surface area contributed by atoms with E-state index in [2.05, 4.69) is 12.2 Å². The van der Waals surface area contributed by atoms with Crippen molar-refractivity contribution in [1.82, 2.24) is 10.2 Å². The van der Waals surface area contributed by atoms with Crippen molar-refractivity contribution >= 4 is 5.91 Å². The molecule has 1 saturated heterocycles. The number of nitrogens with one attached hydrogen (secondary N) is 1. The number of carbonyl (C=O) groups excluding carboxylic acids is 1. The number of ether oxygens (including phenoxy) is 1. The summed E-state index contributed by atoms with van der Waals surface area (Å²) in [5, 5.41) is 12.9. The Bertz CT molecular complexity index is 276. The lowest BCUT2D eigenvalue weighted by atomic mass is 9.89. The first-order valence-electron chi connectivity index (χ1n) is 7.28. The summed E-state index contributed by atoms with van der Waals surface area (Å²) in [6.07, 6.45) is 2.88. The van der Waals surface area contributed by atoms with Crippen LogP contribution in [0, 0.1) is 0 Å². The summed E-state index contributed by atoms with van der Waals surface area (Å²) in [6.45, 7) is 9.01. The molecule has 0 saturated carbocycles. The molecule has 0 unspecified atom stereocenters. The maximum absolute atomic E-state index is 11.6. The van der Waals surface area contributed by atoms with E-state index in [1.807, 2.05) is 18.7 Å². The van der Waals surface area contributed by atoms with Crippen molar-refractivity contribution in [3.63, 3.8) is 0 Å². The number of amides is 1. The van der Waals surface area contributed by atoms with Gasteiger partial charge in [-0.2, -0.15) is 0 Å². The van der Waals surface area contributed by atoms with Crippen molar-refractivity contribution in [2.45, 2.75) is 51.7 Å². The highest BCUT2D eigenvalue weighted by molar-refractivity contribution is 5.78. The van der Waals surface area contributed by atoms with Crippen molar-refractivity contribution < 1.29 is 14.6 Å². The van der Waals surface area contributed by atoms with E-state index >= 15 is 0 Å². The first-order chi connectivity index (χ1) is 8.95. The lowest BCUT2D eigenvalue weighted by Gasteiger charge is -2.46. The Morgan fingerprint density at radius 2 is 2.16 bits per heavy atom. The summed E-state index contributed by atoms with van der Waals surface area (Å²) in [6, 6.07) is 0. The van der Waals surface area contributed by atoms with Crippen LogP contribution in [0.5, 0.6) is 0 Å². The number of hydrogen-bond acceptors (Lipinski definition) is 4. The van der Waals surface area contributed by atoms with Gasteiger partial charge in [-0.15, -0.1) is 0 Å². The SMILES string of the molecule is CCCC1(O)CN(CC(=O)NCCCOC(C)C)C1. The van der Waals surface area contributed by atoms with E-state index in [1.165, 1.54) is 0 Å². The monoisotopic (exact) mass is 272 g/mol. The lowest BCUT2D eigenvalue weighted by Crippen LogP contribution is -2.63. The van der Waals surface area contributed by atoms with Gasteiger partial charge >= 0.3 is 0 Å². The summed E-state index contributed by atoms with van der Waals surface area (Å²) in [5.74, 6) is 0.0306. The van der Waals surface area contributed by atoms with E-state index in [1.54, 1.807) is 0 Å². The van der Waals surface area contributed by atoms with E-state index in [0.717, 1.165) is 19.3 Å². The average Bonchev–Trinajstić information content (AvgIpc) is 2.26. The van der Waals surface area contributed by atoms with Gasteiger partial charge in [0.25, 0.3) is 0 Å². The van der Waals surface area contributed by atoms with Crippen LogP contribution in [0.3, 0.4) is 0 Å². The van der Waals surface area contributed by atoms with Gasteiger partial charge in [0.05, 0.1) is 18.2 Å². The molecule has 19 heavy (non-hydrogen) atoms. The summed E-state index contributed by atoms with van der Waals surface area (Å²) in [4.78, 5) is 13.6. The average molecular weight is 272 g/mol. The van der Waals surface area contributed by atoms with Crippen LogP contribution in [-0.4, -0.2) is 60.4 Å². The highest BCUT2D eigenvalue weighted by atomic mass is 16.5. The fourth-order valence-electron chi connectivity index (χ4n) is 2.40. The molecule has 2 N–H and O–H groups in total. The quantitative estimate of drug-likeness (QED) is 0.609. The van der Waals surface area contributed by atoms with E-state index in [0.29, 0.717) is 32.8 Å². The van der Waals surface area contributed by atoms with Crippen LogP contribution in [0.2, 0.25) is 0 Å². The van der Waals surface area contributed by atoms with Crippen molar-refractivity contribution in [1.29, 1.82) is 0 Å². The maximum Gasteiger partial charge on any atom is 0.234 e. The zero-order valence-corrected chi connectivity index (χ0v) is 12.4. The molecule has 1 rings (SSSR count). The fraction of sp³-hybridized carbons (Fsp3) is 0.929. The van der Waals surface area contributed by atoms with E-state index in [4.69, 9.17) is 4.74 Å². The van der Waals surface area contributed by atoms with Gasteiger partial charge in [-0.25, -0.2) is 0 Å². The molecule has 0 spiro atoms. The second-order valence-electron chi connectivity index (χ2n) is 5.74. The topological polar surface area (TPSA) is 61.8 Å². The molecule has 1 aliphatic heterocycles. The van der Waals surface area contributed by atoms with E-state index in [-0.39, 0.29) is 12.0 Å². The van der Waals surface area contributed by atoms with Crippen LogP contribution in [0.15, 0.2) is 0 Å². The Morgan fingerprint density at radius 3 is 2.74 bits per heavy atom. The van der Waals surface area contributed by atoms with Crippen LogP contribution >= 0.6 is 0 Å². The fourth-order valence-corrected chi connectivity index (χ4v) is 2.40. The van der Waals surface area contributed by atoms with Crippen LogP contribution in [0.4, 0.5) is 0 Å². The summed E-state index contributed by atoms with van der Waals surface area (Å²) in [7, 11) is 0. The van der Waals surface area contributed by atoms with Crippen molar-refractivity contribution in [2.75, 3.05) is 32.8 Å². The Hall–Kier alpha value is -0.650. The Morgan fingerprint density at radius 1 is 1.47 bits per heavy atom. The summed E-state index contributed by atoms with van der Waals surface area (Å²) in [5.41, 5.74) is -0.555. The molecule has 0 aromatic carbocycles. The minimum absolute atomic E-state index is 0.0306. The van der Waals surface area contributed by atoms with Crippen molar-refractivity contribution in [3.8, 4) is 0 Å². The molecular formula is C14H28N2O3. The third-order valence-corrected chi connectivity index (χ3v) is 3.21. The van der Waals surface area contributed by atoms with Crippen LogP contribution in [0.1, 0.15) is 40.0 Å². The second-order valence-corrected chi connectivity index (χ2v) is 5.74. The number of aliphatic hydroxyl groups is 1. The highest BCUT2D eigenvalue weighted by Gasteiger charge is 2.40. The third kappa shape index (κ3) is 6.36. The van der Waals surface area contributed by atoms with Gasteiger partial charge < -0.3 is 15.2 Å². The summed E-state index contributed by atoms with van der Waals surface area (Å²) >= 11 is 0. The van der Waals surface area contributed by atoms with Gasteiger partial charge in [0.2, 0.25) is 5.91 Å². The van der Waals surface area contributed by atoms with Gasteiger partial charge in [0, 0.05) is 26.2 Å². The number of carbonyl (C=O) groups is 1. The minimum atomic E-state index is -0.555. The molecule has 0 aliphatic carbocycles. The number of likely N-dealkylation sites (tertiary alicyclic amines) is 1. The van der Waals surface area contributed by atoms with Crippen molar-refractivity contribution in [2.24, 2.45) is 0 Å². The molecule has 5 nitrogen and oxygen atoms in total. The largest absolute Gasteiger partial charge is 0.387 e. The standard InChI is InChI=1S/C14H28N2O3/c1-4-6-14(18)10-16(11-14)9-13(17)15-7-5-8-19-12(2)3/h12,18H,4-11H2,1-3H3,(H,15,17). The molecule has 0 radical (unpaired) electrons. The molecule has 0 atom stereocenters. The normalized spacial score (nSPS) is 18.4. The minimum Gasteiger partial charge on any atom is -0.387 e. The summed E-state index contributed by atoms with van der Waals surface area (Å²) < 4.78 is 5.40. The molecule has 1 amide bonds. The molecule has 1 fully saturated rings. The highest BCUT2D eigenvalue weighted by Crippen LogP contribution is 2.24. The van der Waals surface area contributed by atoms with Gasteiger partial charge in [-0.1, -0.05) is 13.3 Å². The number of β-amino-alcohol motifs (C(OH)–C–C–N with tert-alkyl or cyclic N) is 1. The van der Waals surface area contributed by atoms with Gasteiger partial charge in [0.1, 0.15) is 0 Å². The number of hydrogen-bond donors (Lipinski definition) is 2. The van der Waals surface area contributed by atoms with E-state index in [9.17, 15) is 9.90 Å². The number of nitrogens with zero attached hydrogens (tertiary/aromatic N) is 1. The molecule has 1 heterocycles. The second kappa shape index (κ2) is 7.82. The Balaban J connectivity index is 2.01. The number of rotatable bonds is 9. The van der Waals surface area contributed by atoms with Crippen LogP contribution in [0.25, 0.3) is 0 Å². The Labute approximate surface area is 116 Å². The first kappa shape index (κ1) is 16.4. The molecule has 0 bridgehead atoms. The predicted molar refractivity (Wildman–Crippen MR) is 75.0 cm³/mol. The smallest absolute Gasteiger partial charge is 0.234 e. The first-order valence-corrected chi connectivity index (χ1v) is 7.28. The zero-order chi connectivity index (χ0) is 14.3. The molecule has 112 valence electrons. The zero-order valence-electron chi connectivity index (χ0n) is 12.4. The van der Waals surface area contributed by atoms with Crippen molar-refractivity contribution in [3.05, 3.63) is 0 Å². The van der Waals surface area contributed by atoms with Gasteiger partial charge in [-0.05, 0) is 26.7 Å². The maximum atomic E-state index is 11.6. The molecule has 1 aliphatic rings. The van der Waals surface area contributed by atoms with Gasteiger partial charge in [-0.3, -0.25) is 9.69 Å². The van der Waals surface area contributed by atoms with E-state index < -0.39 is 5.60 Å².